The van der Waals surface area contributed by atoms with Gasteiger partial charge in [0.2, 0.25) is 0 Å². The van der Waals surface area contributed by atoms with E-state index in [1.165, 1.54) is 16.9 Å². The summed E-state index contributed by atoms with van der Waals surface area (Å²) in [5.41, 5.74) is 1.54. The minimum absolute atomic E-state index is 0.173. The van der Waals surface area contributed by atoms with Crippen LogP contribution in [0.2, 0.25) is 0 Å². The minimum Gasteiger partial charge on any atom is -0.457 e. The smallest absolute Gasteiger partial charge is 0.349 e. The number of ether oxygens (including phenoxy) is 1. The minimum atomic E-state index is -0.395. The standard InChI is InChI=1S/C19H14N2O3S/c1-12-2-6-14(7-3-12)23-15-8-4-13(5-9-15)20-19-21-17-16(10-11-25-17)18(22)24-19/h2-11H,1H3,(H,20,21). The Balaban J connectivity index is 1.51. The number of hydrogen-bond donors (Lipinski definition) is 1. The summed E-state index contributed by atoms with van der Waals surface area (Å²) >= 11 is 1.40. The van der Waals surface area contributed by atoms with E-state index >= 15 is 0 Å². The Morgan fingerprint density at radius 3 is 2.40 bits per heavy atom. The zero-order valence-electron chi connectivity index (χ0n) is 13.4. The Hall–Kier alpha value is -3.12. The fourth-order valence-electron chi connectivity index (χ4n) is 2.33. The lowest BCUT2D eigenvalue weighted by Gasteiger charge is -2.08. The van der Waals surface area contributed by atoms with Gasteiger partial charge in [-0.05, 0) is 54.8 Å². The van der Waals surface area contributed by atoms with Crippen LogP contribution in [0.25, 0.3) is 10.2 Å². The van der Waals surface area contributed by atoms with E-state index in [1.54, 1.807) is 6.07 Å². The van der Waals surface area contributed by atoms with Gasteiger partial charge < -0.3 is 14.5 Å². The Kier molecular flexibility index (Phi) is 3.95. The van der Waals surface area contributed by atoms with Gasteiger partial charge in [-0.15, -0.1) is 11.3 Å². The van der Waals surface area contributed by atoms with Crippen LogP contribution in [0.15, 0.2) is 69.2 Å². The molecule has 0 spiro atoms. The summed E-state index contributed by atoms with van der Waals surface area (Å²) in [4.78, 5) is 16.8. The van der Waals surface area contributed by atoms with Crippen molar-refractivity contribution in [3.05, 3.63) is 76.0 Å². The molecule has 0 amide bonds. The molecule has 6 heteroatoms. The molecule has 0 radical (unpaired) electrons. The van der Waals surface area contributed by atoms with E-state index in [2.05, 4.69) is 10.3 Å². The van der Waals surface area contributed by atoms with E-state index in [-0.39, 0.29) is 6.01 Å². The highest BCUT2D eigenvalue weighted by Gasteiger charge is 2.07. The number of rotatable bonds is 4. The fraction of sp³-hybridized carbons (Fsp3) is 0.0526. The lowest BCUT2D eigenvalue weighted by Crippen LogP contribution is -2.03. The number of aromatic nitrogens is 1. The maximum absolute atomic E-state index is 11.9. The van der Waals surface area contributed by atoms with Crippen LogP contribution in [0, 0.1) is 6.92 Å². The number of thiophene rings is 1. The van der Waals surface area contributed by atoms with Crippen molar-refractivity contribution in [3.63, 3.8) is 0 Å². The van der Waals surface area contributed by atoms with Gasteiger partial charge in [0.05, 0.1) is 5.39 Å². The Morgan fingerprint density at radius 2 is 1.68 bits per heavy atom. The molecule has 0 aliphatic heterocycles. The van der Waals surface area contributed by atoms with Crippen molar-refractivity contribution in [2.45, 2.75) is 6.92 Å². The third kappa shape index (κ3) is 3.39. The summed E-state index contributed by atoms with van der Waals surface area (Å²) in [6, 6.07) is 17.1. The molecule has 1 N–H and O–H groups in total. The van der Waals surface area contributed by atoms with E-state index in [9.17, 15) is 4.79 Å². The molecule has 2 heterocycles. The molecule has 2 aromatic heterocycles. The summed E-state index contributed by atoms with van der Waals surface area (Å²) in [6.45, 7) is 2.03. The summed E-state index contributed by atoms with van der Waals surface area (Å²) in [5.74, 6) is 1.50. The Labute approximate surface area is 147 Å². The third-order valence-corrected chi connectivity index (χ3v) is 4.43. The number of anilines is 2. The van der Waals surface area contributed by atoms with Gasteiger partial charge in [0.1, 0.15) is 16.3 Å². The molecular formula is C19H14N2O3S. The number of aryl methyl sites for hydroxylation is 1. The van der Waals surface area contributed by atoms with Crippen LogP contribution in [0.5, 0.6) is 11.5 Å². The first-order valence-electron chi connectivity index (χ1n) is 7.67. The van der Waals surface area contributed by atoms with Gasteiger partial charge in [0, 0.05) is 5.69 Å². The molecule has 0 saturated carbocycles. The Morgan fingerprint density at radius 1 is 1.00 bits per heavy atom. The summed E-state index contributed by atoms with van der Waals surface area (Å²) in [5, 5.41) is 5.31. The molecule has 4 rings (SSSR count). The monoisotopic (exact) mass is 350 g/mol. The zero-order valence-corrected chi connectivity index (χ0v) is 14.2. The van der Waals surface area contributed by atoms with Crippen molar-refractivity contribution in [1.82, 2.24) is 4.98 Å². The normalized spacial score (nSPS) is 10.8. The quantitative estimate of drug-likeness (QED) is 0.555. The molecular weight excluding hydrogens is 336 g/mol. The second-order valence-corrected chi connectivity index (χ2v) is 6.40. The molecule has 124 valence electrons. The van der Waals surface area contributed by atoms with Crippen molar-refractivity contribution >= 4 is 33.3 Å². The molecule has 0 aliphatic rings. The third-order valence-electron chi connectivity index (χ3n) is 3.62. The zero-order chi connectivity index (χ0) is 17.2. The molecule has 5 nitrogen and oxygen atoms in total. The van der Waals surface area contributed by atoms with Crippen LogP contribution >= 0.6 is 11.3 Å². The molecule has 2 aromatic carbocycles. The van der Waals surface area contributed by atoms with Crippen molar-refractivity contribution < 1.29 is 9.15 Å². The van der Waals surface area contributed by atoms with Gasteiger partial charge in [-0.25, -0.2) is 4.79 Å². The number of nitrogens with zero attached hydrogens (tertiary/aromatic N) is 1. The lowest BCUT2D eigenvalue weighted by atomic mass is 10.2. The van der Waals surface area contributed by atoms with Crippen molar-refractivity contribution in [2.24, 2.45) is 0 Å². The second-order valence-electron chi connectivity index (χ2n) is 5.51. The van der Waals surface area contributed by atoms with Crippen LogP contribution in [-0.4, -0.2) is 4.98 Å². The van der Waals surface area contributed by atoms with Gasteiger partial charge in [-0.2, -0.15) is 4.98 Å². The van der Waals surface area contributed by atoms with Crippen LogP contribution in [0.3, 0.4) is 0 Å². The maximum Gasteiger partial charge on any atom is 0.349 e. The summed E-state index contributed by atoms with van der Waals surface area (Å²) < 4.78 is 11.0. The van der Waals surface area contributed by atoms with Crippen LogP contribution < -0.4 is 15.7 Å². The first kappa shape index (κ1) is 15.4. The molecule has 0 unspecified atom stereocenters. The molecule has 0 bridgehead atoms. The van der Waals surface area contributed by atoms with Crippen molar-refractivity contribution in [1.29, 1.82) is 0 Å². The molecule has 0 atom stereocenters. The molecule has 25 heavy (non-hydrogen) atoms. The van der Waals surface area contributed by atoms with E-state index < -0.39 is 5.63 Å². The topological polar surface area (TPSA) is 64.4 Å². The molecule has 0 fully saturated rings. The van der Waals surface area contributed by atoms with Crippen LogP contribution in [-0.2, 0) is 0 Å². The number of nitrogens with one attached hydrogen (secondary N) is 1. The molecule has 0 aliphatic carbocycles. The van der Waals surface area contributed by atoms with Gasteiger partial charge >= 0.3 is 11.6 Å². The maximum atomic E-state index is 11.9. The molecule has 0 saturated heterocycles. The average Bonchev–Trinajstić information content (AvgIpc) is 3.08. The first-order valence-corrected chi connectivity index (χ1v) is 8.55. The average molecular weight is 350 g/mol. The SMILES string of the molecule is Cc1ccc(Oc2ccc(Nc3nc4sccc4c(=O)o3)cc2)cc1. The number of benzene rings is 2. The van der Waals surface area contributed by atoms with Gasteiger partial charge in [0.15, 0.2) is 0 Å². The summed E-state index contributed by atoms with van der Waals surface area (Å²) in [6.07, 6.45) is 0. The largest absolute Gasteiger partial charge is 0.457 e. The highest BCUT2D eigenvalue weighted by Crippen LogP contribution is 2.25. The van der Waals surface area contributed by atoms with E-state index in [1.807, 2.05) is 60.8 Å². The van der Waals surface area contributed by atoms with Crippen molar-refractivity contribution in [3.8, 4) is 11.5 Å². The predicted octanol–water partition coefficient (Wildman–Crippen LogP) is 5.09. The molecule has 4 aromatic rings. The number of hydrogen-bond acceptors (Lipinski definition) is 6. The van der Waals surface area contributed by atoms with Crippen LogP contribution in [0.4, 0.5) is 11.7 Å². The van der Waals surface area contributed by atoms with Crippen molar-refractivity contribution in [2.75, 3.05) is 5.32 Å². The predicted molar refractivity (Wildman–Crippen MR) is 99.1 cm³/mol. The van der Waals surface area contributed by atoms with Crippen LogP contribution in [0.1, 0.15) is 5.56 Å². The van der Waals surface area contributed by atoms with E-state index in [0.717, 1.165) is 17.2 Å². The number of fused-ring (bicyclic) bond motifs is 1. The fourth-order valence-corrected chi connectivity index (χ4v) is 3.07. The summed E-state index contributed by atoms with van der Waals surface area (Å²) in [7, 11) is 0. The highest BCUT2D eigenvalue weighted by atomic mass is 32.1. The first-order chi connectivity index (χ1) is 12.2. The van der Waals surface area contributed by atoms with Gasteiger partial charge in [-0.3, -0.25) is 0 Å². The van der Waals surface area contributed by atoms with E-state index in [0.29, 0.717) is 10.2 Å². The highest BCUT2D eigenvalue weighted by molar-refractivity contribution is 7.16. The Bertz CT molecular complexity index is 1070. The lowest BCUT2D eigenvalue weighted by molar-refractivity contribution is 0.482. The van der Waals surface area contributed by atoms with Gasteiger partial charge in [0.25, 0.3) is 0 Å². The van der Waals surface area contributed by atoms with Gasteiger partial charge in [-0.1, -0.05) is 17.7 Å². The van der Waals surface area contributed by atoms with E-state index in [4.69, 9.17) is 9.15 Å². The second kappa shape index (κ2) is 6.41.